The fraction of sp³-hybridized carbons (Fsp3) is 0.0833. The van der Waals surface area contributed by atoms with Gasteiger partial charge < -0.3 is 9.40 Å². The highest BCUT2D eigenvalue weighted by molar-refractivity contribution is 5.73. The van der Waals surface area contributed by atoms with Crippen molar-refractivity contribution in [2.45, 2.75) is 5.92 Å². The number of aromatic nitrogens is 3. The van der Waals surface area contributed by atoms with Crippen molar-refractivity contribution in [1.29, 1.82) is 5.26 Å². The van der Waals surface area contributed by atoms with Crippen LogP contribution in [-0.4, -0.2) is 15.0 Å². The van der Waals surface area contributed by atoms with E-state index in [9.17, 15) is 5.26 Å². The Labute approximate surface area is 96.7 Å². The minimum atomic E-state index is -0.417. The van der Waals surface area contributed by atoms with E-state index in [1.165, 1.54) is 6.39 Å². The maximum absolute atomic E-state index is 9.22. The summed E-state index contributed by atoms with van der Waals surface area (Å²) in [5.74, 6) is 0.214. The van der Waals surface area contributed by atoms with Crippen molar-refractivity contribution in [1.82, 2.24) is 15.0 Å². The predicted octanol–water partition coefficient (Wildman–Crippen LogP) is 2.21. The highest BCUT2D eigenvalue weighted by Gasteiger charge is 2.16. The van der Waals surface area contributed by atoms with E-state index in [4.69, 9.17) is 4.42 Å². The van der Waals surface area contributed by atoms with Gasteiger partial charge in [-0.05, 0) is 17.7 Å². The number of hydrogen-bond donors (Lipinski definition) is 1. The third kappa shape index (κ3) is 1.56. The number of nitrogens with one attached hydrogen (secondary N) is 1. The number of H-pyrrole nitrogens is 1. The molecule has 5 heteroatoms. The molecule has 0 amide bonds. The van der Waals surface area contributed by atoms with Gasteiger partial charge in [-0.15, -0.1) is 0 Å². The lowest BCUT2D eigenvalue weighted by Crippen LogP contribution is -2.00. The Kier molecular flexibility index (Phi) is 2.12. The highest BCUT2D eigenvalue weighted by Crippen LogP contribution is 2.24. The SMILES string of the molecule is N#CC(c1ccc2ncoc2c1)c1ncc[nH]1. The van der Waals surface area contributed by atoms with Gasteiger partial charge in [0.25, 0.3) is 0 Å². The molecule has 0 saturated heterocycles. The second-order valence-electron chi connectivity index (χ2n) is 3.62. The van der Waals surface area contributed by atoms with Crippen LogP contribution in [0.25, 0.3) is 11.1 Å². The van der Waals surface area contributed by atoms with Crippen LogP contribution in [-0.2, 0) is 0 Å². The van der Waals surface area contributed by atoms with Gasteiger partial charge in [0.15, 0.2) is 12.0 Å². The molecular formula is C12H8N4O. The number of oxazole rings is 1. The van der Waals surface area contributed by atoms with Gasteiger partial charge in [0.2, 0.25) is 0 Å². The van der Waals surface area contributed by atoms with Gasteiger partial charge in [0, 0.05) is 12.4 Å². The van der Waals surface area contributed by atoms with E-state index in [1.807, 2.05) is 18.2 Å². The molecular weight excluding hydrogens is 216 g/mol. The van der Waals surface area contributed by atoms with Crippen LogP contribution in [0.4, 0.5) is 0 Å². The zero-order valence-corrected chi connectivity index (χ0v) is 8.79. The molecule has 2 heterocycles. The monoisotopic (exact) mass is 224 g/mol. The molecule has 3 aromatic rings. The number of benzene rings is 1. The Balaban J connectivity index is 2.10. The molecule has 0 aliphatic carbocycles. The number of nitrogens with zero attached hydrogens (tertiary/aromatic N) is 3. The molecule has 1 atom stereocenters. The quantitative estimate of drug-likeness (QED) is 0.723. The zero-order valence-electron chi connectivity index (χ0n) is 8.79. The Bertz CT molecular complexity index is 678. The third-order valence-corrected chi connectivity index (χ3v) is 2.61. The van der Waals surface area contributed by atoms with E-state index in [2.05, 4.69) is 21.0 Å². The van der Waals surface area contributed by atoms with Crippen molar-refractivity contribution in [3.05, 3.63) is 48.4 Å². The molecule has 82 valence electrons. The van der Waals surface area contributed by atoms with Gasteiger partial charge in [-0.25, -0.2) is 9.97 Å². The molecule has 0 spiro atoms. The first kappa shape index (κ1) is 9.60. The summed E-state index contributed by atoms with van der Waals surface area (Å²) < 4.78 is 5.22. The van der Waals surface area contributed by atoms with Gasteiger partial charge >= 0.3 is 0 Å². The van der Waals surface area contributed by atoms with Crippen LogP contribution in [0.2, 0.25) is 0 Å². The summed E-state index contributed by atoms with van der Waals surface area (Å²) in [6.45, 7) is 0. The average molecular weight is 224 g/mol. The molecule has 0 bridgehead atoms. The number of imidazole rings is 1. The van der Waals surface area contributed by atoms with Crippen molar-refractivity contribution < 1.29 is 4.42 Å². The number of fused-ring (bicyclic) bond motifs is 1. The molecule has 3 rings (SSSR count). The average Bonchev–Trinajstić information content (AvgIpc) is 2.99. The first-order valence-electron chi connectivity index (χ1n) is 5.10. The second-order valence-corrected chi connectivity index (χ2v) is 3.62. The summed E-state index contributed by atoms with van der Waals surface area (Å²) in [7, 11) is 0. The van der Waals surface area contributed by atoms with Crippen LogP contribution in [0.5, 0.6) is 0 Å². The normalized spacial score (nSPS) is 12.4. The molecule has 0 fully saturated rings. The summed E-state index contributed by atoms with van der Waals surface area (Å²) in [4.78, 5) is 11.1. The Morgan fingerprint density at radius 2 is 2.29 bits per heavy atom. The molecule has 1 N–H and O–H groups in total. The van der Waals surface area contributed by atoms with E-state index in [0.717, 1.165) is 11.1 Å². The first-order chi connectivity index (χ1) is 8.38. The Morgan fingerprint density at radius 1 is 1.35 bits per heavy atom. The third-order valence-electron chi connectivity index (χ3n) is 2.61. The number of rotatable bonds is 2. The molecule has 2 aromatic heterocycles. The molecule has 0 radical (unpaired) electrons. The number of nitriles is 1. The van der Waals surface area contributed by atoms with Gasteiger partial charge in [0.05, 0.1) is 6.07 Å². The maximum Gasteiger partial charge on any atom is 0.181 e. The van der Waals surface area contributed by atoms with Gasteiger partial charge in [0.1, 0.15) is 17.3 Å². The standard InChI is InChI=1S/C12H8N4O/c13-6-9(12-14-3-4-15-12)8-1-2-10-11(5-8)17-7-16-10/h1-5,7,9H,(H,14,15). The molecule has 5 nitrogen and oxygen atoms in total. The number of hydrogen-bond acceptors (Lipinski definition) is 4. The van der Waals surface area contributed by atoms with Crippen molar-refractivity contribution in [3.8, 4) is 6.07 Å². The Morgan fingerprint density at radius 3 is 3.06 bits per heavy atom. The van der Waals surface area contributed by atoms with Gasteiger partial charge in [-0.1, -0.05) is 6.07 Å². The zero-order chi connectivity index (χ0) is 11.7. The summed E-state index contributed by atoms with van der Waals surface area (Å²) >= 11 is 0. The molecule has 1 unspecified atom stereocenters. The minimum absolute atomic E-state index is 0.417. The van der Waals surface area contributed by atoms with Crippen LogP contribution >= 0.6 is 0 Å². The minimum Gasteiger partial charge on any atom is -0.443 e. The van der Waals surface area contributed by atoms with Crippen LogP contribution in [0.3, 0.4) is 0 Å². The summed E-state index contributed by atoms with van der Waals surface area (Å²) in [6, 6.07) is 7.74. The van der Waals surface area contributed by atoms with Crippen LogP contribution in [0.15, 0.2) is 41.4 Å². The summed E-state index contributed by atoms with van der Waals surface area (Å²) in [5.41, 5.74) is 2.30. The van der Waals surface area contributed by atoms with Crippen molar-refractivity contribution >= 4 is 11.1 Å². The first-order valence-corrected chi connectivity index (χ1v) is 5.10. The van der Waals surface area contributed by atoms with E-state index < -0.39 is 5.92 Å². The lowest BCUT2D eigenvalue weighted by molar-refractivity contribution is 0.601. The second kappa shape index (κ2) is 3.76. The summed E-state index contributed by atoms with van der Waals surface area (Å²) in [5, 5.41) is 9.22. The fourth-order valence-electron chi connectivity index (χ4n) is 1.78. The van der Waals surface area contributed by atoms with E-state index in [1.54, 1.807) is 12.4 Å². The van der Waals surface area contributed by atoms with Crippen molar-refractivity contribution in [3.63, 3.8) is 0 Å². The van der Waals surface area contributed by atoms with E-state index in [0.29, 0.717) is 11.4 Å². The van der Waals surface area contributed by atoms with Crippen LogP contribution < -0.4 is 0 Å². The highest BCUT2D eigenvalue weighted by atomic mass is 16.3. The predicted molar refractivity (Wildman–Crippen MR) is 60.1 cm³/mol. The van der Waals surface area contributed by atoms with Gasteiger partial charge in [-0.3, -0.25) is 0 Å². The van der Waals surface area contributed by atoms with E-state index in [-0.39, 0.29) is 0 Å². The maximum atomic E-state index is 9.22. The van der Waals surface area contributed by atoms with Crippen LogP contribution in [0, 0.1) is 11.3 Å². The molecule has 0 aliphatic rings. The van der Waals surface area contributed by atoms with Crippen LogP contribution in [0.1, 0.15) is 17.3 Å². The molecule has 17 heavy (non-hydrogen) atoms. The van der Waals surface area contributed by atoms with Crippen molar-refractivity contribution in [2.24, 2.45) is 0 Å². The number of aromatic amines is 1. The smallest absolute Gasteiger partial charge is 0.181 e. The summed E-state index contributed by atoms with van der Waals surface area (Å²) in [6.07, 6.45) is 4.72. The lowest BCUT2D eigenvalue weighted by atomic mass is 10.00. The molecule has 0 aliphatic heterocycles. The van der Waals surface area contributed by atoms with Gasteiger partial charge in [-0.2, -0.15) is 5.26 Å². The fourth-order valence-corrected chi connectivity index (χ4v) is 1.78. The van der Waals surface area contributed by atoms with E-state index >= 15 is 0 Å². The lowest BCUT2D eigenvalue weighted by Gasteiger charge is -2.05. The largest absolute Gasteiger partial charge is 0.443 e. The van der Waals surface area contributed by atoms with Crippen molar-refractivity contribution in [2.75, 3.05) is 0 Å². The molecule has 1 aromatic carbocycles. The molecule has 0 saturated carbocycles. The topological polar surface area (TPSA) is 78.5 Å². The Hall–Kier alpha value is -2.61.